The number of unbranched alkanes of at least 4 members (excludes halogenated alkanes) is 1. The predicted molar refractivity (Wildman–Crippen MR) is 235 cm³/mol. The normalized spacial score (nSPS) is 16.5. The van der Waals surface area contributed by atoms with Crippen molar-refractivity contribution in [3.63, 3.8) is 0 Å². The van der Waals surface area contributed by atoms with Gasteiger partial charge in [-0.05, 0) is 101 Å². The second kappa shape index (κ2) is 18.7. The van der Waals surface area contributed by atoms with E-state index < -0.39 is 37.7 Å². The Hall–Kier alpha value is -5.02. The summed E-state index contributed by atoms with van der Waals surface area (Å²) in [4.78, 5) is 59.7. The van der Waals surface area contributed by atoms with Crippen LogP contribution in [0.2, 0.25) is 18.1 Å². The molecule has 1 fully saturated rings. The lowest BCUT2D eigenvalue weighted by Crippen LogP contribution is -2.46. The van der Waals surface area contributed by atoms with E-state index in [0.29, 0.717) is 42.3 Å². The van der Waals surface area contributed by atoms with Crippen molar-refractivity contribution in [2.75, 3.05) is 39.8 Å². The number of H-pyrrole nitrogens is 1. The molecule has 13 nitrogen and oxygen atoms in total. The van der Waals surface area contributed by atoms with Crippen LogP contribution in [0, 0.1) is 0 Å². The Labute approximate surface area is 354 Å². The number of hydrogen-bond donors (Lipinski definition) is 4. The van der Waals surface area contributed by atoms with Crippen molar-refractivity contribution in [2.45, 2.75) is 102 Å². The van der Waals surface area contributed by atoms with Crippen molar-refractivity contribution in [3.8, 4) is 5.75 Å². The maximum Gasteiger partial charge on any atom is 0.410 e. The lowest BCUT2D eigenvalue weighted by Gasteiger charge is -2.41. The Kier molecular flexibility index (Phi) is 14.4. The van der Waals surface area contributed by atoms with E-state index in [2.05, 4.69) is 49.1 Å². The Morgan fingerprint density at radius 1 is 0.950 bits per heavy atom. The van der Waals surface area contributed by atoms with Crippen LogP contribution in [0.1, 0.15) is 94.0 Å². The van der Waals surface area contributed by atoms with Crippen molar-refractivity contribution in [2.24, 2.45) is 0 Å². The van der Waals surface area contributed by atoms with Gasteiger partial charge in [0, 0.05) is 48.8 Å². The molecule has 14 heteroatoms. The van der Waals surface area contributed by atoms with Crippen LogP contribution in [0.4, 0.5) is 4.79 Å². The highest BCUT2D eigenvalue weighted by molar-refractivity contribution is 6.74. The van der Waals surface area contributed by atoms with Gasteiger partial charge >= 0.3 is 12.1 Å². The average Bonchev–Trinajstić information content (AvgIpc) is 3.59. The quantitative estimate of drug-likeness (QED) is 0.0544. The SMILES string of the molecule is CN1CCC(OC(=O)[C@@](O)(c2ccccc2)c2cccc(C(=O)NCCCCN(C[C@H](O[Si](C)(C)C(C)(C)C)c3ccc(O)c4[nH]c(=O)ccc34)C(=O)OC(C)(C)C)c2)C1. The number of hydrogen-bond acceptors (Lipinski definition) is 10. The zero-order chi connectivity index (χ0) is 44.0. The summed E-state index contributed by atoms with van der Waals surface area (Å²) in [5.74, 6) is -1.26. The van der Waals surface area contributed by atoms with Crippen molar-refractivity contribution in [1.29, 1.82) is 0 Å². The molecule has 0 radical (unpaired) electrons. The average molecular weight is 843 g/mol. The van der Waals surface area contributed by atoms with Crippen LogP contribution in [0.25, 0.3) is 10.9 Å². The molecule has 4 aromatic rings. The monoisotopic (exact) mass is 842 g/mol. The molecule has 2 heterocycles. The molecule has 3 atom stereocenters. The smallest absolute Gasteiger partial charge is 0.410 e. The summed E-state index contributed by atoms with van der Waals surface area (Å²) in [6, 6.07) is 21.3. The standard InChI is InChI=1S/C46H62N4O9Si/c1-44(2,3)58-43(55)50(30-38(59-60(8,9)45(4,5)6)35-20-22-37(51)40-36(35)21-23-39(52)48-40)26-14-13-25-47-41(53)31-16-15-19-33(28-31)46(56,32-17-11-10-12-18-32)42(54)57-34-24-27-49(7)29-34/h10-12,15-23,28,34,38,51,56H,13-14,24-27,29-30H2,1-9H3,(H,47,53)(H,48,52)/t34?,38-,46+/m0/s1. The third-order valence-electron chi connectivity index (χ3n) is 11.3. The Bertz CT molecular complexity index is 2200. The highest BCUT2D eigenvalue weighted by atomic mass is 28.4. The fraction of sp³-hybridized carbons (Fsp3) is 0.478. The molecular formula is C46H62N4O9Si. The molecule has 5 rings (SSSR count). The van der Waals surface area contributed by atoms with Crippen LogP contribution in [0.5, 0.6) is 5.75 Å². The van der Waals surface area contributed by atoms with Crippen LogP contribution < -0.4 is 10.9 Å². The number of likely N-dealkylation sites (tertiary alicyclic amines) is 1. The first-order valence-electron chi connectivity index (χ1n) is 20.7. The van der Waals surface area contributed by atoms with Gasteiger partial charge in [-0.15, -0.1) is 0 Å². The molecule has 1 aliphatic heterocycles. The molecule has 1 aromatic heterocycles. The van der Waals surface area contributed by atoms with Gasteiger partial charge in [0.15, 0.2) is 8.32 Å². The summed E-state index contributed by atoms with van der Waals surface area (Å²) in [7, 11) is -0.508. The fourth-order valence-electron chi connectivity index (χ4n) is 6.98. The zero-order valence-corrected chi connectivity index (χ0v) is 37.5. The molecule has 0 aliphatic carbocycles. The number of aromatic hydroxyl groups is 1. The lowest BCUT2D eigenvalue weighted by molar-refractivity contribution is -0.167. The van der Waals surface area contributed by atoms with E-state index in [4.69, 9.17) is 13.9 Å². The van der Waals surface area contributed by atoms with Gasteiger partial charge in [0.2, 0.25) is 11.2 Å². The molecule has 4 N–H and O–H groups in total. The molecule has 324 valence electrons. The summed E-state index contributed by atoms with van der Waals surface area (Å²) < 4.78 is 18.7. The number of rotatable bonds is 15. The van der Waals surface area contributed by atoms with Crippen molar-refractivity contribution in [1.82, 2.24) is 20.1 Å². The zero-order valence-electron chi connectivity index (χ0n) is 36.5. The molecular weight excluding hydrogens is 781 g/mol. The highest BCUT2D eigenvalue weighted by Gasteiger charge is 2.44. The number of aliphatic hydroxyl groups is 1. The molecule has 2 amide bonds. The van der Waals surface area contributed by atoms with Gasteiger partial charge in [0.25, 0.3) is 5.91 Å². The Balaban J connectivity index is 1.32. The van der Waals surface area contributed by atoms with Gasteiger partial charge in [-0.25, -0.2) is 9.59 Å². The number of fused-ring (bicyclic) bond motifs is 1. The first-order valence-corrected chi connectivity index (χ1v) is 23.6. The molecule has 60 heavy (non-hydrogen) atoms. The van der Waals surface area contributed by atoms with Gasteiger partial charge in [-0.1, -0.05) is 69.3 Å². The maximum absolute atomic E-state index is 13.8. The van der Waals surface area contributed by atoms with E-state index in [9.17, 15) is 29.4 Å². The van der Waals surface area contributed by atoms with Crippen LogP contribution >= 0.6 is 0 Å². The van der Waals surface area contributed by atoms with E-state index >= 15 is 0 Å². The summed E-state index contributed by atoms with van der Waals surface area (Å²) in [6.07, 6.45) is 0.170. The number of aromatic amines is 1. The molecule has 3 aromatic carbocycles. The largest absolute Gasteiger partial charge is 0.506 e. The number of phenols is 1. The number of likely N-dealkylation sites (N-methyl/N-ethyl adjacent to an activating group) is 1. The minimum atomic E-state index is -2.46. The van der Waals surface area contributed by atoms with Crippen LogP contribution in [-0.2, 0) is 24.3 Å². The minimum Gasteiger partial charge on any atom is -0.506 e. The summed E-state index contributed by atoms with van der Waals surface area (Å²) in [6.45, 7) is 18.1. The number of carbonyl (C=O) groups excluding carboxylic acids is 3. The molecule has 1 saturated heterocycles. The molecule has 0 saturated carbocycles. The van der Waals surface area contributed by atoms with Gasteiger partial charge < -0.3 is 44.2 Å². The van der Waals surface area contributed by atoms with Crippen LogP contribution in [-0.4, -0.2) is 103 Å². The number of carbonyl (C=O) groups is 3. The van der Waals surface area contributed by atoms with Gasteiger partial charge in [0.05, 0.1) is 18.2 Å². The number of amides is 2. The van der Waals surface area contributed by atoms with Gasteiger partial charge in [-0.2, -0.15) is 0 Å². The highest BCUT2D eigenvalue weighted by Crippen LogP contribution is 2.42. The summed E-state index contributed by atoms with van der Waals surface area (Å²) in [5.41, 5.74) is -1.45. The van der Waals surface area contributed by atoms with Crippen LogP contribution in [0.3, 0.4) is 0 Å². The summed E-state index contributed by atoms with van der Waals surface area (Å²) in [5, 5.41) is 26.1. The third kappa shape index (κ3) is 11.2. The topological polar surface area (TPSA) is 171 Å². The maximum atomic E-state index is 13.8. The first-order chi connectivity index (χ1) is 28.1. The third-order valence-corrected chi connectivity index (χ3v) is 15.8. The first kappa shape index (κ1) is 46.1. The van der Waals surface area contributed by atoms with E-state index in [-0.39, 0.29) is 64.6 Å². The second-order valence-electron chi connectivity index (χ2n) is 18.3. The van der Waals surface area contributed by atoms with Crippen molar-refractivity contribution in [3.05, 3.63) is 111 Å². The number of nitrogens with zero attached hydrogens (tertiary/aromatic N) is 2. The van der Waals surface area contributed by atoms with E-state index in [1.165, 1.54) is 18.2 Å². The van der Waals surface area contributed by atoms with Gasteiger partial charge in [-0.3, -0.25) is 9.59 Å². The number of nitrogens with one attached hydrogen (secondary N) is 2. The van der Waals surface area contributed by atoms with Gasteiger partial charge in [0.1, 0.15) is 17.5 Å². The number of aromatic nitrogens is 1. The van der Waals surface area contributed by atoms with Crippen LogP contribution in [0.15, 0.2) is 83.7 Å². The fourth-order valence-corrected chi connectivity index (χ4v) is 8.25. The molecule has 1 aliphatic rings. The Morgan fingerprint density at radius 3 is 2.30 bits per heavy atom. The second-order valence-corrected chi connectivity index (χ2v) is 23.0. The van der Waals surface area contributed by atoms with Crippen molar-refractivity contribution >= 4 is 37.2 Å². The molecule has 0 bridgehead atoms. The molecule has 1 unspecified atom stereocenters. The van der Waals surface area contributed by atoms with E-state index in [0.717, 1.165) is 6.54 Å². The van der Waals surface area contributed by atoms with Crippen molar-refractivity contribution < 1.29 is 38.5 Å². The predicted octanol–water partition coefficient (Wildman–Crippen LogP) is 7.23. The molecule has 0 spiro atoms. The van der Waals surface area contributed by atoms with E-state index in [1.807, 2.05) is 7.05 Å². The number of benzene rings is 3. The summed E-state index contributed by atoms with van der Waals surface area (Å²) >= 11 is 0. The number of esters is 1. The van der Waals surface area contributed by atoms with E-state index in [1.54, 1.807) is 86.3 Å². The Morgan fingerprint density at radius 2 is 1.65 bits per heavy atom. The lowest BCUT2D eigenvalue weighted by atomic mass is 9.85. The minimum absolute atomic E-state index is 0.0720. The number of pyridine rings is 1. The number of ether oxygens (including phenoxy) is 2. The number of phenolic OH excluding ortho intramolecular Hbond substituents is 1.